The fraction of sp³-hybridized carbons (Fsp3) is 0.625. The average molecular weight is 271 g/mol. The molecule has 0 aliphatic carbocycles. The summed E-state index contributed by atoms with van der Waals surface area (Å²) in [5, 5.41) is 1.48. The molecule has 0 saturated heterocycles. The molecule has 2 nitrogen and oxygen atoms in total. The van der Waals surface area contributed by atoms with Gasteiger partial charge in [-0.05, 0) is 6.26 Å². The van der Waals surface area contributed by atoms with Gasteiger partial charge in [-0.3, -0.25) is 0 Å². The first-order chi connectivity index (χ1) is 6.69. The minimum Gasteiger partial charge on any atom is -0.350 e. The zero-order chi connectivity index (χ0) is 10.6. The zero-order valence-electron chi connectivity index (χ0n) is 8.09. The predicted molar refractivity (Wildman–Crippen MR) is 68.3 cm³/mol. The van der Waals surface area contributed by atoms with E-state index in [2.05, 4.69) is 16.1 Å². The molecule has 0 amide bonds. The summed E-state index contributed by atoms with van der Waals surface area (Å²) in [5.41, 5.74) is 0. The highest BCUT2D eigenvalue weighted by Gasteiger charge is 2.11. The second kappa shape index (κ2) is 6.05. The summed E-state index contributed by atoms with van der Waals surface area (Å²) in [4.78, 5) is 7.29. The number of nitrogens with zero attached hydrogens (tertiary/aromatic N) is 2. The van der Waals surface area contributed by atoms with Gasteiger partial charge in [0, 0.05) is 19.3 Å². The summed E-state index contributed by atoms with van der Waals surface area (Å²) in [5.74, 6) is 1.52. The summed E-state index contributed by atoms with van der Waals surface area (Å²) < 4.78 is 0. The van der Waals surface area contributed by atoms with Crippen LogP contribution >= 0.6 is 46.3 Å². The molecule has 0 saturated carbocycles. The third-order valence-corrected chi connectivity index (χ3v) is 4.33. The van der Waals surface area contributed by atoms with E-state index in [4.69, 9.17) is 23.2 Å². The number of hydrogen-bond acceptors (Lipinski definition) is 4. The summed E-state index contributed by atoms with van der Waals surface area (Å²) in [6.45, 7) is 0.979. The minimum atomic E-state index is 0.437. The van der Waals surface area contributed by atoms with Gasteiger partial charge in [-0.1, -0.05) is 22.9 Å². The van der Waals surface area contributed by atoms with E-state index >= 15 is 0 Å². The molecule has 0 N–H and O–H groups in total. The Balaban J connectivity index is 2.65. The third-order valence-electron chi connectivity index (χ3n) is 1.72. The topological polar surface area (TPSA) is 16.1 Å². The van der Waals surface area contributed by atoms with Gasteiger partial charge >= 0.3 is 0 Å². The Hall–Kier alpha value is 0.360. The minimum absolute atomic E-state index is 0.437. The first-order valence-corrected chi connectivity index (χ1v) is 7.22. The summed E-state index contributed by atoms with van der Waals surface area (Å²) >= 11 is 15.0. The molecule has 1 heterocycles. The maximum atomic E-state index is 5.91. The Morgan fingerprint density at radius 1 is 1.57 bits per heavy atom. The molecule has 0 atom stereocenters. The Kier molecular flexibility index (Phi) is 5.38. The van der Waals surface area contributed by atoms with Crippen LogP contribution in [0.25, 0.3) is 0 Å². The molecule has 0 unspecified atom stereocenters. The van der Waals surface area contributed by atoms with Crippen LogP contribution in [0.4, 0.5) is 5.13 Å². The van der Waals surface area contributed by atoms with Gasteiger partial charge in [-0.25, -0.2) is 4.98 Å². The maximum absolute atomic E-state index is 5.91. The van der Waals surface area contributed by atoms with Crippen molar-refractivity contribution >= 4 is 51.4 Å². The van der Waals surface area contributed by atoms with E-state index in [0.29, 0.717) is 11.0 Å². The van der Waals surface area contributed by atoms with E-state index in [1.54, 1.807) is 11.3 Å². The summed E-state index contributed by atoms with van der Waals surface area (Å²) in [7, 11) is 2.02. The van der Waals surface area contributed by atoms with Crippen LogP contribution in [0.1, 0.15) is 4.88 Å². The monoisotopic (exact) mass is 270 g/mol. The number of rotatable bonds is 5. The smallest absolute Gasteiger partial charge is 0.186 e. The van der Waals surface area contributed by atoms with E-state index in [1.165, 1.54) is 0 Å². The molecular formula is C8H12Cl2N2S2. The molecule has 0 spiro atoms. The van der Waals surface area contributed by atoms with Crippen LogP contribution in [-0.2, 0) is 5.88 Å². The second-order valence-electron chi connectivity index (χ2n) is 2.76. The highest BCUT2D eigenvalue weighted by molar-refractivity contribution is 7.98. The van der Waals surface area contributed by atoms with Gasteiger partial charge in [0.15, 0.2) is 5.13 Å². The van der Waals surface area contributed by atoms with Crippen LogP contribution in [-0.4, -0.2) is 30.6 Å². The molecular weight excluding hydrogens is 259 g/mol. The van der Waals surface area contributed by atoms with Gasteiger partial charge in [0.1, 0.15) is 5.15 Å². The van der Waals surface area contributed by atoms with Crippen molar-refractivity contribution in [2.45, 2.75) is 5.88 Å². The Morgan fingerprint density at radius 3 is 2.79 bits per heavy atom. The molecule has 6 heteroatoms. The van der Waals surface area contributed by atoms with Gasteiger partial charge in [0.25, 0.3) is 0 Å². The first kappa shape index (κ1) is 12.4. The van der Waals surface area contributed by atoms with Crippen LogP contribution in [0.3, 0.4) is 0 Å². The lowest BCUT2D eigenvalue weighted by atomic mass is 10.6. The summed E-state index contributed by atoms with van der Waals surface area (Å²) in [6.07, 6.45) is 2.09. The van der Waals surface area contributed by atoms with E-state index < -0.39 is 0 Å². The quantitative estimate of drug-likeness (QED) is 0.764. The van der Waals surface area contributed by atoms with E-state index in [0.717, 1.165) is 22.3 Å². The SMILES string of the molecule is CSCCN(C)c1nc(Cl)c(CCl)s1. The second-order valence-corrected chi connectivity index (χ2v) is 5.43. The van der Waals surface area contributed by atoms with Crippen molar-refractivity contribution in [3.05, 3.63) is 10.0 Å². The van der Waals surface area contributed by atoms with Crippen molar-refractivity contribution in [1.29, 1.82) is 0 Å². The standard InChI is InChI=1S/C8H12Cl2N2S2/c1-12(3-4-13-2)8-11-7(10)6(5-9)14-8/h3-5H2,1-2H3. The predicted octanol–water partition coefficient (Wildman–Crippen LogP) is 3.33. The number of thioether (sulfide) groups is 1. The highest BCUT2D eigenvalue weighted by Crippen LogP contribution is 2.30. The first-order valence-electron chi connectivity index (χ1n) is 4.10. The van der Waals surface area contributed by atoms with Gasteiger partial charge in [-0.2, -0.15) is 11.8 Å². The van der Waals surface area contributed by atoms with E-state index in [9.17, 15) is 0 Å². The molecule has 0 bridgehead atoms. The average Bonchev–Trinajstić information content (AvgIpc) is 2.56. The van der Waals surface area contributed by atoms with Crippen molar-refractivity contribution in [2.24, 2.45) is 0 Å². The van der Waals surface area contributed by atoms with Gasteiger partial charge in [0.05, 0.1) is 10.8 Å². The number of halogens is 2. The van der Waals surface area contributed by atoms with E-state index in [1.807, 2.05) is 18.8 Å². The molecule has 0 fully saturated rings. The van der Waals surface area contributed by atoms with Crippen LogP contribution in [0.5, 0.6) is 0 Å². The van der Waals surface area contributed by atoms with E-state index in [-0.39, 0.29) is 0 Å². The lowest BCUT2D eigenvalue weighted by Gasteiger charge is -2.13. The Bertz CT molecular complexity index is 291. The van der Waals surface area contributed by atoms with Gasteiger partial charge in [0.2, 0.25) is 0 Å². The van der Waals surface area contributed by atoms with Gasteiger partial charge in [-0.15, -0.1) is 11.6 Å². The third kappa shape index (κ3) is 3.19. The van der Waals surface area contributed by atoms with Crippen molar-refractivity contribution in [3.63, 3.8) is 0 Å². The van der Waals surface area contributed by atoms with Crippen molar-refractivity contribution in [1.82, 2.24) is 4.98 Å². The lowest BCUT2D eigenvalue weighted by molar-refractivity contribution is 0.967. The number of alkyl halides is 1. The van der Waals surface area contributed by atoms with Crippen LogP contribution in [0.2, 0.25) is 5.15 Å². The molecule has 14 heavy (non-hydrogen) atoms. The lowest BCUT2D eigenvalue weighted by Crippen LogP contribution is -2.19. The summed E-state index contributed by atoms with van der Waals surface area (Å²) in [6, 6.07) is 0. The van der Waals surface area contributed by atoms with Crippen molar-refractivity contribution in [3.8, 4) is 0 Å². The van der Waals surface area contributed by atoms with Crippen molar-refractivity contribution in [2.75, 3.05) is 30.5 Å². The fourth-order valence-electron chi connectivity index (χ4n) is 0.891. The molecule has 1 rings (SSSR count). The number of aromatic nitrogens is 1. The van der Waals surface area contributed by atoms with Crippen LogP contribution in [0, 0.1) is 0 Å². The number of thiazole rings is 1. The van der Waals surface area contributed by atoms with Crippen molar-refractivity contribution < 1.29 is 0 Å². The normalized spacial score (nSPS) is 10.6. The van der Waals surface area contributed by atoms with Crippen LogP contribution < -0.4 is 4.90 Å². The fourth-order valence-corrected chi connectivity index (χ4v) is 2.81. The number of anilines is 1. The molecule has 0 radical (unpaired) electrons. The van der Waals surface area contributed by atoms with Gasteiger partial charge < -0.3 is 4.90 Å². The molecule has 0 aromatic carbocycles. The Labute approximate surface area is 103 Å². The largest absolute Gasteiger partial charge is 0.350 e. The molecule has 80 valence electrons. The molecule has 0 aliphatic heterocycles. The number of hydrogen-bond donors (Lipinski definition) is 0. The molecule has 0 aliphatic rings. The Morgan fingerprint density at radius 2 is 2.29 bits per heavy atom. The van der Waals surface area contributed by atoms with Crippen LogP contribution in [0.15, 0.2) is 0 Å². The highest BCUT2D eigenvalue weighted by atomic mass is 35.5. The zero-order valence-corrected chi connectivity index (χ0v) is 11.2. The molecule has 1 aromatic rings. The molecule has 1 aromatic heterocycles. The maximum Gasteiger partial charge on any atom is 0.186 e.